The highest BCUT2D eigenvalue weighted by atomic mass is 32.1. The van der Waals surface area contributed by atoms with Gasteiger partial charge in [0.15, 0.2) is 5.11 Å². The second-order valence-corrected chi connectivity index (χ2v) is 7.88. The molecule has 2 aromatic rings. The molecule has 0 amide bonds. The van der Waals surface area contributed by atoms with E-state index in [1.54, 1.807) is 25.1 Å². The van der Waals surface area contributed by atoms with Gasteiger partial charge in [-0.3, -0.25) is 0 Å². The number of rotatable bonds is 6. The zero-order chi connectivity index (χ0) is 20.6. The van der Waals surface area contributed by atoms with E-state index in [0.29, 0.717) is 23.8 Å². The van der Waals surface area contributed by atoms with E-state index < -0.39 is 0 Å². The van der Waals surface area contributed by atoms with Crippen molar-refractivity contribution in [1.29, 1.82) is 0 Å². The monoisotopic (exact) mass is 411 g/mol. The SMILES string of the molecule is CCOC(=O)c1cccc(NC(=S)NCc2ccc(N3CCCC(C)C3)cc2)c1. The van der Waals surface area contributed by atoms with E-state index >= 15 is 0 Å². The van der Waals surface area contributed by atoms with Crippen LogP contribution < -0.4 is 15.5 Å². The molecule has 0 saturated carbocycles. The number of esters is 1. The molecule has 29 heavy (non-hydrogen) atoms. The summed E-state index contributed by atoms with van der Waals surface area (Å²) < 4.78 is 5.03. The van der Waals surface area contributed by atoms with Crippen molar-refractivity contribution in [3.05, 3.63) is 59.7 Å². The molecule has 6 heteroatoms. The van der Waals surface area contributed by atoms with Crippen molar-refractivity contribution in [2.75, 3.05) is 29.9 Å². The van der Waals surface area contributed by atoms with E-state index in [0.717, 1.165) is 24.7 Å². The first-order valence-corrected chi connectivity index (χ1v) is 10.6. The maximum absolute atomic E-state index is 11.9. The predicted octanol–water partition coefficient (Wildman–Crippen LogP) is 4.59. The van der Waals surface area contributed by atoms with Gasteiger partial charge in [-0.2, -0.15) is 0 Å². The van der Waals surface area contributed by atoms with Crippen molar-refractivity contribution in [3.63, 3.8) is 0 Å². The maximum atomic E-state index is 11.9. The Hall–Kier alpha value is -2.60. The number of thiocarbonyl (C=S) groups is 1. The Morgan fingerprint density at radius 2 is 2.03 bits per heavy atom. The van der Waals surface area contributed by atoms with Crippen LogP contribution in [0.5, 0.6) is 0 Å². The van der Waals surface area contributed by atoms with Crippen LogP contribution in [0.25, 0.3) is 0 Å². The molecule has 5 nitrogen and oxygen atoms in total. The summed E-state index contributed by atoms with van der Waals surface area (Å²) in [6.45, 7) is 7.38. The number of benzene rings is 2. The average Bonchev–Trinajstić information content (AvgIpc) is 2.73. The first kappa shape index (κ1) is 21.1. The largest absolute Gasteiger partial charge is 0.462 e. The molecular formula is C23H29N3O2S. The summed E-state index contributed by atoms with van der Waals surface area (Å²) in [7, 11) is 0. The second-order valence-electron chi connectivity index (χ2n) is 7.47. The molecule has 0 aliphatic carbocycles. The van der Waals surface area contributed by atoms with Crippen molar-refractivity contribution >= 4 is 34.7 Å². The topological polar surface area (TPSA) is 53.6 Å². The first-order chi connectivity index (χ1) is 14.0. The fraction of sp³-hybridized carbons (Fsp3) is 0.391. The number of ether oxygens (including phenoxy) is 1. The lowest BCUT2D eigenvalue weighted by Gasteiger charge is -2.32. The molecule has 1 heterocycles. The molecular weight excluding hydrogens is 382 g/mol. The lowest BCUT2D eigenvalue weighted by atomic mass is 9.99. The van der Waals surface area contributed by atoms with Gasteiger partial charge in [0.1, 0.15) is 0 Å². The molecule has 1 aliphatic heterocycles. The molecule has 1 aliphatic rings. The van der Waals surface area contributed by atoms with Gasteiger partial charge in [-0.25, -0.2) is 4.79 Å². The van der Waals surface area contributed by atoms with Crippen molar-refractivity contribution < 1.29 is 9.53 Å². The van der Waals surface area contributed by atoms with Crippen molar-refractivity contribution in [1.82, 2.24) is 5.32 Å². The van der Waals surface area contributed by atoms with Gasteiger partial charge in [-0.15, -0.1) is 0 Å². The number of nitrogens with one attached hydrogen (secondary N) is 2. The van der Waals surface area contributed by atoms with Gasteiger partial charge in [0.2, 0.25) is 0 Å². The maximum Gasteiger partial charge on any atom is 0.338 e. The van der Waals surface area contributed by atoms with Crippen LogP contribution in [0.1, 0.15) is 42.6 Å². The predicted molar refractivity (Wildman–Crippen MR) is 123 cm³/mol. The summed E-state index contributed by atoms with van der Waals surface area (Å²) in [5.74, 6) is 0.425. The molecule has 1 atom stereocenters. The van der Waals surface area contributed by atoms with Gasteiger partial charge in [-0.05, 0) is 73.8 Å². The first-order valence-electron chi connectivity index (χ1n) is 10.2. The van der Waals surface area contributed by atoms with Crippen molar-refractivity contribution in [3.8, 4) is 0 Å². The molecule has 2 N–H and O–H groups in total. The van der Waals surface area contributed by atoms with Crippen LogP contribution in [0.4, 0.5) is 11.4 Å². The van der Waals surface area contributed by atoms with Gasteiger partial charge in [0.25, 0.3) is 0 Å². The number of piperidine rings is 1. The van der Waals surface area contributed by atoms with E-state index in [9.17, 15) is 4.79 Å². The molecule has 0 aromatic heterocycles. The van der Waals surface area contributed by atoms with Crippen LogP contribution in [0.2, 0.25) is 0 Å². The van der Waals surface area contributed by atoms with E-state index in [1.807, 2.05) is 6.07 Å². The Morgan fingerprint density at radius 1 is 1.24 bits per heavy atom. The van der Waals surface area contributed by atoms with Gasteiger partial charge in [-0.1, -0.05) is 25.1 Å². The number of hydrogen-bond donors (Lipinski definition) is 2. The molecule has 2 aromatic carbocycles. The summed E-state index contributed by atoms with van der Waals surface area (Å²) in [5.41, 5.74) is 3.71. The average molecular weight is 412 g/mol. The van der Waals surface area contributed by atoms with Gasteiger partial charge in [0.05, 0.1) is 12.2 Å². The van der Waals surface area contributed by atoms with Crippen LogP contribution in [0, 0.1) is 5.92 Å². The Kier molecular flexibility index (Phi) is 7.47. The smallest absolute Gasteiger partial charge is 0.338 e. The summed E-state index contributed by atoms with van der Waals surface area (Å²) in [4.78, 5) is 14.3. The molecule has 1 saturated heterocycles. The van der Waals surface area contributed by atoms with Gasteiger partial charge >= 0.3 is 5.97 Å². The summed E-state index contributed by atoms with van der Waals surface area (Å²) in [5, 5.41) is 6.85. The highest BCUT2D eigenvalue weighted by molar-refractivity contribution is 7.80. The van der Waals surface area contributed by atoms with Gasteiger partial charge < -0.3 is 20.3 Å². The standard InChI is InChI=1S/C23H29N3O2S/c1-3-28-22(27)19-7-4-8-20(14-19)25-23(29)24-15-18-9-11-21(12-10-18)26-13-5-6-17(2)16-26/h4,7-12,14,17H,3,5-6,13,15-16H2,1-2H3,(H2,24,25,29). The third-order valence-electron chi connectivity index (χ3n) is 5.04. The van der Waals surface area contributed by atoms with Crippen LogP contribution in [-0.4, -0.2) is 30.8 Å². The third kappa shape index (κ3) is 6.19. The molecule has 1 fully saturated rings. The third-order valence-corrected chi connectivity index (χ3v) is 5.29. The normalized spacial score (nSPS) is 16.2. The zero-order valence-corrected chi connectivity index (χ0v) is 17.9. The van der Waals surface area contributed by atoms with Gasteiger partial charge in [0, 0.05) is 31.0 Å². The molecule has 3 rings (SSSR count). The summed E-state index contributed by atoms with van der Waals surface area (Å²) >= 11 is 5.39. The lowest BCUT2D eigenvalue weighted by molar-refractivity contribution is 0.0526. The Balaban J connectivity index is 1.50. The van der Waals surface area contributed by atoms with Crippen LogP contribution in [-0.2, 0) is 11.3 Å². The number of carbonyl (C=O) groups excluding carboxylic acids is 1. The second kappa shape index (κ2) is 10.3. The molecule has 0 bridgehead atoms. The van der Waals surface area contributed by atoms with Crippen LogP contribution in [0.3, 0.4) is 0 Å². The van der Waals surface area contributed by atoms with Crippen molar-refractivity contribution in [2.24, 2.45) is 5.92 Å². The van der Waals surface area contributed by atoms with E-state index in [1.165, 1.54) is 24.1 Å². The molecule has 154 valence electrons. The zero-order valence-electron chi connectivity index (χ0n) is 17.1. The van der Waals surface area contributed by atoms with Crippen LogP contribution in [0.15, 0.2) is 48.5 Å². The number of anilines is 2. The minimum Gasteiger partial charge on any atom is -0.462 e. The Bertz CT molecular complexity index is 838. The fourth-order valence-corrected chi connectivity index (χ4v) is 3.73. The fourth-order valence-electron chi connectivity index (χ4n) is 3.54. The molecule has 1 unspecified atom stereocenters. The highest BCUT2D eigenvalue weighted by Gasteiger charge is 2.16. The molecule has 0 spiro atoms. The van der Waals surface area contributed by atoms with Crippen LogP contribution >= 0.6 is 12.2 Å². The van der Waals surface area contributed by atoms with E-state index in [-0.39, 0.29) is 5.97 Å². The number of carbonyl (C=O) groups is 1. The number of nitrogens with zero attached hydrogens (tertiary/aromatic N) is 1. The highest BCUT2D eigenvalue weighted by Crippen LogP contribution is 2.23. The number of hydrogen-bond acceptors (Lipinski definition) is 4. The summed E-state index contributed by atoms with van der Waals surface area (Å²) in [6.07, 6.45) is 2.59. The minimum atomic E-state index is -0.335. The quantitative estimate of drug-likeness (QED) is 0.536. The lowest BCUT2D eigenvalue weighted by Crippen LogP contribution is -2.34. The summed E-state index contributed by atoms with van der Waals surface area (Å²) in [6, 6.07) is 15.8. The minimum absolute atomic E-state index is 0.335. The molecule has 0 radical (unpaired) electrons. The van der Waals surface area contributed by atoms with Crippen molar-refractivity contribution in [2.45, 2.75) is 33.2 Å². The Labute approximate surface area is 178 Å². The van der Waals surface area contributed by atoms with E-state index in [4.69, 9.17) is 17.0 Å². The van der Waals surface area contributed by atoms with E-state index in [2.05, 4.69) is 46.7 Å². The Morgan fingerprint density at radius 3 is 2.76 bits per heavy atom.